The van der Waals surface area contributed by atoms with Crippen molar-refractivity contribution in [2.45, 2.75) is 69.2 Å². The Morgan fingerprint density at radius 2 is 1.56 bits per heavy atom. The predicted octanol–water partition coefficient (Wildman–Crippen LogP) is 5.02. The van der Waals surface area contributed by atoms with E-state index in [1.807, 2.05) is 0 Å². The van der Waals surface area contributed by atoms with Gasteiger partial charge in [0.1, 0.15) is 0 Å². The number of carbonyl (C=O) groups excluding carboxylic acids is 1. The van der Waals surface area contributed by atoms with Crippen molar-refractivity contribution in [1.82, 2.24) is 5.32 Å². The van der Waals surface area contributed by atoms with Gasteiger partial charge in [-0.05, 0) is 78.9 Å². The summed E-state index contributed by atoms with van der Waals surface area (Å²) in [5.41, 5.74) is 1.52. The molecule has 2 nitrogen and oxygen atoms in total. The molecule has 4 aliphatic rings. The second-order valence-corrected chi connectivity index (χ2v) is 10.6. The van der Waals surface area contributed by atoms with Gasteiger partial charge in [-0.25, -0.2) is 0 Å². The molecule has 0 saturated heterocycles. The van der Waals surface area contributed by atoms with Gasteiger partial charge >= 0.3 is 0 Å². The van der Waals surface area contributed by atoms with Crippen LogP contribution in [-0.2, 0) is 10.2 Å². The summed E-state index contributed by atoms with van der Waals surface area (Å²) < 4.78 is 0. The fourth-order valence-electron chi connectivity index (χ4n) is 5.59. The van der Waals surface area contributed by atoms with Crippen molar-refractivity contribution in [2.75, 3.05) is 5.75 Å². The molecule has 0 radical (unpaired) electrons. The second kappa shape index (κ2) is 6.64. The van der Waals surface area contributed by atoms with Crippen LogP contribution in [0.3, 0.4) is 0 Å². The molecule has 0 heterocycles. The lowest BCUT2D eigenvalue weighted by molar-refractivity contribution is -0.122. The van der Waals surface area contributed by atoms with Gasteiger partial charge in [0.25, 0.3) is 0 Å². The zero-order valence-corrected chi connectivity index (χ0v) is 16.6. The van der Waals surface area contributed by atoms with Gasteiger partial charge in [0, 0.05) is 10.9 Å². The zero-order valence-electron chi connectivity index (χ0n) is 15.8. The lowest BCUT2D eigenvalue weighted by atomic mass is 9.54. The number of hydrogen-bond donors (Lipinski definition) is 1. The van der Waals surface area contributed by atoms with E-state index < -0.39 is 0 Å². The maximum absolute atomic E-state index is 12.5. The van der Waals surface area contributed by atoms with Crippen molar-refractivity contribution < 1.29 is 4.79 Å². The molecule has 4 saturated carbocycles. The number of nitrogens with one attached hydrogen (secondary N) is 1. The molecule has 5 rings (SSSR count). The van der Waals surface area contributed by atoms with Gasteiger partial charge in [0.05, 0.1) is 5.75 Å². The van der Waals surface area contributed by atoms with Gasteiger partial charge in [0.2, 0.25) is 5.91 Å². The standard InChI is InChI=1S/C22H31NOS/c1-22(2,3)18-4-6-19(7-5-18)25-13-20(24)23-21-16-9-14-8-15(11-16)12-17(21)10-14/h4-7,14-17,21H,8-13H2,1-3H3,(H,23,24). The fraction of sp³-hybridized carbons (Fsp3) is 0.682. The first-order chi connectivity index (χ1) is 11.9. The third kappa shape index (κ3) is 3.77. The molecule has 0 unspecified atom stereocenters. The molecule has 4 aliphatic carbocycles. The molecule has 0 aromatic heterocycles. The van der Waals surface area contributed by atoms with Crippen LogP contribution >= 0.6 is 11.8 Å². The first-order valence-electron chi connectivity index (χ1n) is 9.91. The van der Waals surface area contributed by atoms with Crippen molar-refractivity contribution in [1.29, 1.82) is 0 Å². The third-order valence-corrected chi connectivity index (χ3v) is 7.66. The molecule has 0 aliphatic heterocycles. The second-order valence-electron chi connectivity index (χ2n) is 9.59. The van der Waals surface area contributed by atoms with Gasteiger partial charge in [-0.3, -0.25) is 4.79 Å². The number of hydrogen-bond acceptors (Lipinski definition) is 2. The molecule has 3 heteroatoms. The average molecular weight is 358 g/mol. The Morgan fingerprint density at radius 3 is 2.08 bits per heavy atom. The van der Waals surface area contributed by atoms with E-state index in [0.717, 1.165) is 23.7 Å². The molecule has 1 N–H and O–H groups in total. The molecule has 1 aromatic rings. The van der Waals surface area contributed by atoms with E-state index in [-0.39, 0.29) is 11.3 Å². The average Bonchev–Trinajstić information content (AvgIpc) is 2.55. The summed E-state index contributed by atoms with van der Waals surface area (Å²) in [4.78, 5) is 13.7. The highest BCUT2D eigenvalue weighted by Gasteiger charge is 2.48. The molecular formula is C22H31NOS. The molecule has 0 spiro atoms. The topological polar surface area (TPSA) is 29.1 Å². The fourth-order valence-corrected chi connectivity index (χ4v) is 6.30. The lowest BCUT2D eigenvalue weighted by Gasteiger charge is -2.54. The van der Waals surface area contributed by atoms with E-state index in [2.05, 4.69) is 50.4 Å². The molecule has 25 heavy (non-hydrogen) atoms. The summed E-state index contributed by atoms with van der Waals surface area (Å²) in [6.45, 7) is 6.69. The Bertz CT molecular complexity index is 602. The van der Waals surface area contributed by atoms with Crippen LogP contribution in [0.5, 0.6) is 0 Å². The van der Waals surface area contributed by atoms with Gasteiger partial charge in [0.15, 0.2) is 0 Å². The van der Waals surface area contributed by atoms with Gasteiger partial charge in [-0.1, -0.05) is 32.9 Å². The van der Waals surface area contributed by atoms with E-state index in [1.54, 1.807) is 11.8 Å². The van der Waals surface area contributed by atoms with Crippen LogP contribution in [0.2, 0.25) is 0 Å². The maximum atomic E-state index is 12.5. The smallest absolute Gasteiger partial charge is 0.230 e. The van der Waals surface area contributed by atoms with Crippen molar-refractivity contribution in [2.24, 2.45) is 23.7 Å². The van der Waals surface area contributed by atoms with E-state index in [0.29, 0.717) is 11.8 Å². The molecule has 136 valence electrons. The Balaban J connectivity index is 1.30. The minimum atomic E-state index is 0.181. The van der Waals surface area contributed by atoms with Crippen molar-refractivity contribution >= 4 is 17.7 Å². The van der Waals surface area contributed by atoms with Gasteiger partial charge in [-0.15, -0.1) is 11.8 Å². The highest BCUT2D eigenvalue weighted by molar-refractivity contribution is 8.00. The van der Waals surface area contributed by atoms with Crippen molar-refractivity contribution in [3.8, 4) is 0 Å². The Kier molecular flexibility index (Phi) is 4.64. The van der Waals surface area contributed by atoms with Crippen LogP contribution in [0.4, 0.5) is 0 Å². The Morgan fingerprint density at radius 1 is 1.00 bits per heavy atom. The van der Waals surface area contributed by atoms with Gasteiger partial charge in [-0.2, -0.15) is 0 Å². The quantitative estimate of drug-likeness (QED) is 0.767. The first-order valence-corrected chi connectivity index (χ1v) is 10.9. The molecule has 1 aromatic carbocycles. The number of rotatable bonds is 4. The van der Waals surface area contributed by atoms with Crippen molar-refractivity contribution in [3.05, 3.63) is 29.8 Å². The predicted molar refractivity (Wildman–Crippen MR) is 105 cm³/mol. The highest BCUT2D eigenvalue weighted by Crippen LogP contribution is 2.53. The summed E-state index contributed by atoms with van der Waals surface area (Å²) in [5, 5.41) is 3.41. The maximum Gasteiger partial charge on any atom is 0.230 e. The van der Waals surface area contributed by atoms with Crippen molar-refractivity contribution in [3.63, 3.8) is 0 Å². The van der Waals surface area contributed by atoms with Gasteiger partial charge < -0.3 is 5.32 Å². The molecule has 0 atom stereocenters. The molecule has 4 bridgehead atoms. The van der Waals surface area contributed by atoms with E-state index >= 15 is 0 Å². The summed E-state index contributed by atoms with van der Waals surface area (Å²) >= 11 is 1.66. The molecular weight excluding hydrogens is 326 g/mol. The summed E-state index contributed by atoms with van der Waals surface area (Å²) in [6, 6.07) is 9.16. The van der Waals surface area contributed by atoms with Crippen LogP contribution in [0.1, 0.15) is 58.4 Å². The normalized spacial score (nSPS) is 33.5. The van der Waals surface area contributed by atoms with Crippen LogP contribution in [0, 0.1) is 23.7 Å². The monoisotopic (exact) mass is 357 g/mol. The lowest BCUT2D eigenvalue weighted by Crippen LogP contribution is -2.56. The van der Waals surface area contributed by atoms with Crippen LogP contribution < -0.4 is 5.32 Å². The summed E-state index contributed by atoms with van der Waals surface area (Å²) in [7, 11) is 0. The van der Waals surface area contributed by atoms with Crippen LogP contribution in [0.15, 0.2) is 29.2 Å². The SMILES string of the molecule is CC(C)(C)c1ccc(SCC(=O)NC2C3CC4CC(C3)CC2C4)cc1. The van der Waals surface area contributed by atoms with E-state index in [1.165, 1.54) is 42.6 Å². The van der Waals surface area contributed by atoms with E-state index in [4.69, 9.17) is 0 Å². The minimum absolute atomic E-state index is 0.181. The van der Waals surface area contributed by atoms with Crippen LogP contribution in [-0.4, -0.2) is 17.7 Å². The minimum Gasteiger partial charge on any atom is -0.352 e. The number of amides is 1. The third-order valence-electron chi connectivity index (χ3n) is 6.64. The Hall–Kier alpha value is -0.960. The molecule has 4 fully saturated rings. The number of carbonyl (C=O) groups is 1. The Labute approximate surface area is 156 Å². The highest BCUT2D eigenvalue weighted by atomic mass is 32.2. The number of benzene rings is 1. The number of thioether (sulfide) groups is 1. The van der Waals surface area contributed by atoms with E-state index in [9.17, 15) is 4.79 Å². The zero-order chi connectivity index (χ0) is 17.6. The summed E-state index contributed by atoms with van der Waals surface area (Å²) in [5.74, 6) is 4.21. The van der Waals surface area contributed by atoms with Crippen LogP contribution in [0.25, 0.3) is 0 Å². The largest absolute Gasteiger partial charge is 0.352 e. The first kappa shape index (κ1) is 17.5. The summed E-state index contributed by atoms with van der Waals surface area (Å²) in [6.07, 6.45) is 6.91. The molecule has 1 amide bonds.